The standard InChI is InChI=1S/C22H31N3O2.ClH/c1-3-25(4-2)14-15-26-23-17-18-16-22(27-19-10-6-5-7-11-19)24-21-13-9-8-12-20(18)21;/h8-9,12-13,16-17,19H,3-7,10-11,14-15H2,1-2H3;1H/b23-17-;. The van der Waals surface area contributed by atoms with Crippen LogP contribution in [0.3, 0.4) is 0 Å². The van der Waals surface area contributed by atoms with Crippen molar-refractivity contribution in [2.24, 2.45) is 5.16 Å². The average molecular weight is 406 g/mol. The number of oxime groups is 1. The number of halogens is 1. The number of fused-ring (bicyclic) bond motifs is 1. The lowest BCUT2D eigenvalue weighted by molar-refractivity contribution is -0.896. The monoisotopic (exact) mass is 405 g/mol. The highest BCUT2D eigenvalue weighted by atomic mass is 35.5. The molecule has 0 aliphatic heterocycles. The van der Waals surface area contributed by atoms with Gasteiger partial charge in [0, 0.05) is 17.0 Å². The Hall–Kier alpha value is -1.85. The van der Waals surface area contributed by atoms with Crippen molar-refractivity contribution in [2.75, 3.05) is 26.2 Å². The first kappa shape index (κ1) is 22.4. The smallest absolute Gasteiger partial charge is 0.214 e. The number of likely N-dealkylation sites (N-methyl/N-ethyl adjacent to an activating group) is 1. The fraction of sp³-hybridized carbons (Fsp3) is 0.545. The van der Waals surface area contributed by atoms with Crippen molar-refractivity contribution in [2.45, 2.75) is 52.1 Å². The summed E-state index contributed by atoms with van der Waals surface area (Å²) in [6.07, 6.45) is 8.11. The first-order chi connectivity index (χ1) is 13.3. The molecule has 1 aromatic carbocycles. The summed E-state index contributed by atoms with van der Waals surface area (Å²) < 4.78 is 6.18. The quantitative estimate of drug-likeness (QED) is 0.369. The summed E-state index contributed by atoms with van der Waals surface area (Å²) in [6.45, 7) is 8.21. The Morgan fingerprint density at radius 2 is 1.89 bits per heavy atom. The van der Waals surface area contributed by atoms with Gasteiger partial charge in [-0.05, 0) is 45.6 Å². The molecule has 1 aromatic heterocycles. The van der Waals surface area contributed by atoms with E-state index < -0.39 is 0 Å². The average Bonchev–Trinajstić information content (AvgIpc) is 2.71. The van der Waals surface area contributed by atoms with Crippen molar-refractivity contribution in [3.63, 3.8) is 0 Å². The van der Waals surface area contributed by atoms with Crippen LogP contribution < -0.4 is 22.0 Å². The van der Waals surface area contributed by atoms with E-state index in [1.165, 1.54) is 24.2 Å². The van der Waals surface area contributed by atoms with Gasteiger partial charge in [-0.25, -0.2) is 4.98 Å². The van der Waals surface area contributed by atoms with Crippen LogP contribution in [0.15, 0.2) is 35.5 Å². The predicted octanol–water partition coefficient (Wildman–Crippen LogP) is 0.226. The van der Waals surface area contributed by atoms with Crippen LogP contribution in [-0.4, -0.2) is 43.5 Å². The number of hydrogen-bond acceptors (Lipinski definition) is 4. The highest BCUT2D eigenvalue weighted by Gasteiger charge is 2.16. The Labute approximate surface area is 174 Å². The molecule has 1 N–H and O–H groups in total. The van der Waals surface area contributed by atoms with E-state index in [1.807, 2.05) is 24.3 Å². The largest absolute Gasteiger partial charge is 1.00 e. The molecule has 0 amide bonds. The normalized spacial score (nSPS) is 15.1. The third-order valence-electron chi connectivity index (χ3n) is 5.38. The van der Waals surface area contributed by atoms with Crippen LogP contribution in [0.4, 0.5) is 0 Å². The number of aromatic nitrogens is 1. The maximum Gasteiger partial charge on any atom is 0.214 e. The van der Waals surface area contributed by atoms with Crippen LogP contribution in [-0.2, 0) is 4.84 Å². The predicted molar refractivity (Wildman–Crippen MR) is 110 cm³/mol. The second kappa shape index (κ2) is 11.9. The Morgan fingerprint density at radius 1 is 1.14 bits per heavy atom. The van der Waals surface area contributed by atoms with Crippen molar-refractivity contribution in [3.05, 3.63) is 35.9 Å². The molecular weight excluding hydrogens is 374 g/mol. The zero-order chi connectivity index (χ0) is 18.9. The van der Waals surface area contributed by atoms with Gasteiger partial charge >= 0.3 is 0 Å². The number of nitrogens with one attached hydrogen (secondary N) is 1. The van der Waals surface area contributed by atoms with Gasteiger partial charge in [0.1, 0.15) is 12.6 Å². The summed E-state index contributed by atoms with van der Waals surface area (Å²) >= 11 is 0. The number of rotatable bonds is 9. The minimum absolute atomic E-state index is 0. The van der Waals surface area contributed by atoms with Crippen molar-refractivity contribution in [1.82, 2.24) is 4.98 Å². The molecule has 5 nitrogen and oxygen atoms in total. The fourth-order valence-corrected chi connectivity index (χ4v) is 3.64. The molecule has 154 valence electrons. The van der Waals surface area contributed by atoms with E-state index in [0.717, 1.165) is 48.9 Å². The van der Waals surface area contributed by atoms with E-state index in [-0.39, 0.29) is 18.5 Å². The molecule has 1 aliphatic rings. The minimum Gasteiger partial charge on any atom is -1.00 e. The van der Waals surface area contributed by atoms with Gasteiger partial charge < -0.3 is 26.9 Å². The molecule has 0 radical (unpaired) electrons. The summed E-state index contributed by atoms with van der Waals surface area (Å²) in [5.41, 5.74) is 1.92. The molecule has 0 saturated heterocycles. The van der Waals surface area contributed by atoms with Crippen LogP contribution in [0, 0.1) is 0 Å². The molecule has 6 heteroatoms. The number of pyridine rings is 1. The molecule has 28 heavy (non-hydrogen) atoms. The summed E-state index contributed by atoms with van der Waals surface area (Å²) in [5, 5.41) is 5.26. The molecular formula is C22H32ClN3O2. The molecule has 1 fully saturated rings. The van der Waals surface area contributed by atoms with Gasteiger partial charge in [0.05, 0.1) is 24.8 Å². The Bertz CT molecular complexity index is 744. The fourth-order valence-electron chi connectivity index (χ4n) is 3.64. The Balaban J connectivity index is 0.00000280. The van der Waals surface area contributed by atoms with Crippen LogP contribution in [0.1, 0.15) is 51.5 Å². The van der Waals surface area contributed by atoms with E-state index in [0.29, 0.717) is 12.5 Å². The van der Waals surface area contributed by atoms with Gasteiger partial charge in [0.15, 0.2) is 6.61 Å². The van der Waals surface area contributed by atoms with Crippen LogP contribution >= 0.6 is 0 Å². The third-order valence-corrected chi connectivity index (χ3v) is 5.38. The minimum atomic E-state index is 0. The topological polar surface area (TPSA) is 48.2 Å². The molecule has 1 aliphatic carbocycles. The van der Waals surface area contributed by atoms with Gasteiger partial charge in [0.2, 0.25) is 5.88 Å². The zero-order valence-corrected chi connectivity index (χ0v) is 17.8. The maximum atomic E-state index is 6.18. The van der Waals surface area contributed by atoms with Crippen molar-refractivity contribution >= 4 is 17.1 Å². The lowest BCUT2D eigenvalue weighted by atomic mass is 9.98. The number of hydrogen-bond donors (Lipinski definition) is 1. The number of ether oxygens (including phenoxy) is 1. The van der Waals surface area contributed by atoms with Crippen molar-refractivity contribution < 1.29 is 26.9 Å². The van der Waals surface area contributed by atoms with Crippen molar-refractivity contribution in [3.8, 4) is 5.88 Å². The number of para-hydroxylation sites is 1. The SMILES string of the molecule is CC[NH+](CC)CCO/N=C\c1cc(OC2CCCCC2)nc2ccccc12.[Cl-]. The van der Waals surface area contributed by atoms with Gasteiger partial charge in [-0.3, -0.25) is 0 Å². The van der Waals surface area contributed by atoms with Crippen LogP contribution in [0.5, 0.6) is 5.88 Å². The van der Waals surface area contributed by atoms with Gasteiger partial charge in [0.25, 0.3) is 0 Å². The molecule has 1 saturated carbocycles. The summed E-state index contributed by atoms with van der Waals surface area (Å²) in [5.74, 6) is 0.689. The second-order valence-corrected chi connectivity index (χ2v) is 7.22. The highest BCUT2D eigenvalue weighted by molar-refractivity contribution is 5.98. The molecule has 0 bridgehead atoms. The highest BCUT2D eigenvalue weighted by Crippen LogP contribution is 2.25. The summed E-state index contributed by atoms with van der Waals surface area (Å²) in [7, 11) is 0. The molecule has 1 heterocycles. The second-order valence-electron chi connectivity index (χ2n) is 7.22. The Morgan fingerprint density at radius 3 is 2.64 bits per heavy atom. The molecule has 2 aromatic rings. The van der Waals surface area contributed by atoms with E-state index in [2.05, 4.69) is 25.1 Å². The lowest BCUT2D eigenvalue weighted by Gasteiger charge is -2.22. The first-order valence-electron chi connectivity index (χ1n) is 10.4. The maximum absolute atomic E-state index is 6.18. The number of benzene rings is 1. The zero-order valence-electron chi connectivity index (χ0n) is 17.0. The molecule has 0 atom stereocenters. The van der Waals surface area contributed by atoms with Crippen LogP contribution in [0.25, 0.3) is 10.9 Å². The van der Waals surface area contributed by atoms with E-state index in [9.17, 15) is 0 Å². The third kappa shape index (κ3) is 6.35. The number of nitrogens with zero attached hydrogens (tertiary/aromatic N) is 2. The van der Waals surface area contributed by atoms with Gasteiger partial charge in [-0.1, -0.05) is 29.8 Å². The molecule has 0 unspecified atom stereocenters. The van der Waals surface area contributed by atoms with Crippen molar-refractivity contribution in [1.29, 1.82) is 0 Å². The van der Waals surface area contributed by atoms with E-state index >= 15 is 0 Å². The molecule has 0 spiro atoms. The van der Waals surface area contributed by atoms with E-state index in [1.54, 1.807) is 6.21 Å². The summed E-state index contributed by atoms with van der Waals surface area (Å²) in [4.78, 5) is 11.7. The van der Waals surface area contributed by atoms with Crippen LogP contribution in [0.2, 0.25) is 0 Å². The first-order valence-corrected chi connectivity index (χ1v) is 10.4. The van der Waals surface area contributed by atoms with Gasteiger partial charge in [-0.2, -0.15) is 0 Å². The molecule has 3 rings (SSSR count). The van der Waals surface area contributed by atoms with Gasteiger partial charge in [-0.15, -0.1) is 0 Å². The van der Waals surface area contributed by atoms with E-state index in [4.69, 9.17) is 14.6 Å². The summed E-state index contributed by atoms with van der Waals surface area (Å²) in [6, 6.07) is 10.1. The lowest BCUT2D eigenvalue weighted by Crippen LogP contribution is -3.11. The number of quaternary nitrogens is 1. The Kier molecular flexibility index (Phi) is 9.51.